The summed E-state index contributed by atoms with van der Waals surface area (Å²) in [4.78, 5) is 7.83. The summed E-state index contributed by atoms with van der Waals surface area (Å²) in [5.74, 6) is 2.30. The van der Waals surface area contributed by atoms with Crippen molar-refractivity contribution >= 4 is 59.0 Å². The van der Waals surface area contributed by atoms with E-state index in [1.165, 1.54) is 132 Å². The summed E-state index contributed by atoms with van der Waals surface area (Å²) in [6.45, 7) is 33.2. The Morgan fingerprint density at radius 3 is 2.22 bits per heavy atom. The van der Waals surface area contributed by atoms with Gasteiger partial charge < -0.3 is 11.1 Å². The molecule has 7 fully saturated rings. The van der Waals surface area contributed by atoms with Gasteiger partial charge in [0.2, 0.25) is 5.70 Å². The number of allylic oxidation sites excluding steroid dienone is 4. The first-order chi connectivity index (χ1) is 40.0. The van der Waals surface area contributed by atoms with E-state index in [1.54, 1.807) is 31.9 Å². The molecule has 6 heterocycles. The normalized spacial score (nSPS) is 23.0. The van der Waals surface area contributed by atoms with Crippen LogP contribution in [0.3, 0.4) is 0 Å². The summed E-state index contributed by atoms with van der Waals surface area (Å²) >= 11 is 0. The van der Waals surface area contributed by atoms with E-state index in [4.69, 9.17) is 16.5 Å². The molecule has 4 aliphatic heterocycles. The molecule has 0 radical (unpaired) electrons. The molecule has 2 bridgehead atoms. The molecule has 3 aromatic carbocycles. The van der Waals surface area contributed by atoms with Crippen LogP contribution in [0.2, 0.25) is 0 Å². The van der Waals surface area contributed by atoms with E-state index in [0.717, 1.165) is 110 Å². The number of likely N-dealkylation sites (tertiary alicyclic amines) is 1. The summed E-state index contributed by atoms with van der Waals surface area (Å²) in [5, 5.41) is 12.0. The molecular formula is C72H99BN9+. The van der Waals surface area contributed by atoms with Crippen molar-refractivity contribution in [3.8, 4) is 0 Å². The van der Waals surface area contributed by atoms with E-state index in [9.17, 15) is 0 Å². The Labute approximate surface area is 493 Å². The molecule has 10 heteroatoms. The minimum atomic E-state index is 0.132. The van der Waals surface area contributed by atoms with Crippen LogP contribution in [-0.4, -0.2) is 88.8 Å². The second-order valence-electron chi connectivity index (χ2n) is 25.7. The molecule has 434 valence electrons. The van der Waals surface area contributed by atoms with Crippen molar-refractivity contribution in [1.82, 2.24) is 24.6 Å². The average Bonchev–Trinajstić information content (AvgIpc) is 4.29. The summed E-state index contributed by atoms with van der Waals surface area (Å²) < 4.78 is 7.17. The predicted octanol–water partition coefficient (Wildman–Crippen LogP) is 14.1. The fourth-order valence-corrected chi connectivity index (χ4v) is 15.9. The number of fused-ring (bicyclic) bond motifs is 2. The molecule has 8 aliphatic rings. The summed E-state index contributed by atoms with van der Waals surface area (Å²) in [7, 11) is 2.27. The van der Waals surface area contributed by atoms with Gasteiger partial charge in [0.15, 0.2) is 12.3 Å². The molecular weight excluding hydrogens is 1000 g/mol. The maximum absolute atomic E-state index is 6.18. The van der Waals surface area contributed by atoms with Gasteiger partial charge in [0.25, 0.3) is 0 Å². The van der Waals surface area contributed by atoms with E-state index in [2.05, 4.69) is 163 Å². The summed E-state index contributed by atoms with van der Waals surface area (Å²) in [5.41, 5.74) is 26.8. The minimum absolute atomic E-state index is 0.132. The van der Waals surface area contributed by atoms with Crippen LogP contribution >= 0.6 is 0 Å². The number of nitrogens with two attached hydrogens (primary N) is 2. The van der Waals surface area contributed by atoms with Gasteiger partial charge in [0.05, 0.1) is 11.7 Å². The number of rotatable bonds is 14. The van der Waals surface area contributed by atoms with Crippen LogP contribution in [0.15, 0.2) is 128 Å². The number of aromatic nitrogens is 2. The average molecular weight is 1100 g/mol. The Balaban J connectivity index is 0.000000159. The van der Waals surface area contributed by atoms with Crippen molar-refractivity contribution < 1.29 is 4.58 Å². The first-order valence-electron chi connectivity index (χ1n) is 32.0. The molecule has 5 aromatic rings. The van der Waals surface area contributed by atoms with Gasteiger partial charge in [-0.05, 0) is 130 Å². The molecule has 9 nitrogen and oxygen atoms in total. The molecule has 6 N–H and O–H groups in total. The monoisotopic (exact) mass is 1100 g/mol. The Kier molecular flexibility index (Phi) is 19.4. The Hall–Kier alpha value is -5.81. The topological polar surface area (TPSA) is 105 Å². The van der Waals surface area contributed by atoms with Gasteiger partial charge in [-0.2, -0.15) is 4.58 Å². The first-order valence-corrected chi connectivity index (χ1v) is 32.0. The van der Waals surface area contributed by atoms with Crippen LogP contribution in [0.1, 0.15) is 188 Å². The van der Waals surface area contributed by atoms with E-state index >= 15 is 0 Å². The third-order valence-corrected chi connectivity index (χ3v) is 20.9. The van der Waals surface area contributed by atoms with Crippen LogP contribution in [0.5, 0.6) is 0 Å². The third-order valence-electron chi connectivity index (χ3n) is 20.9. The maximum atomic E-state index is 6.18. The number of benzene rings is 3. The predicted molar refractivity (Wildman–Crippen MR) is 352 cm³/mol. The summed E-state index contributed by atoms with van der Waals surface area (Å²) in [6, 6.07) is 20.3. The van der Waals surface area contributed by atoms with Crippen molar-refractivity contribution in [2.75, 3.05) is 32.7 Å². The van der Waals surface area contributed by atoms with E-state index in [0.29, 0.717) is 30.1 Å². The molecule has 2 aromatic heterocycles. The SMILES string of the molecule is C1CCC2(C1)CCC2.C=C.C=C1CCC([N+]2=CC=C(C/C(C=NC3CCN(C4CCC45CCC5)CC3)=C/N)c3cccc(c3C)C2=C)C(=C)N1.C=c1c2cccc3c(Cc4cbn(C5CCNCC5)c4)ccc(c32)n1C(CCC)CCN. The molecule has 3 unspecified atom stereocenters. The Morgan fingerprint density at radius 2 is 1.57 bits per heavy atom. The number of aliphatic imine (C=N–C) groups is 1. The number of nitrogens with one attached hydrogen (secondary N) is 2. The van der Waals surface area contributed by atoms with Crippen molar-refractivity contribution in [2.24, 2.45) is 27.3 Å². The third kappa shape index (κ3) is 12.5. The molecule has 82 heavy (non-hydrogen) atoms. The molecule has 3 saturated heterocycles. The zero-order valence-corrected chi connectivity index (χ0v) is 50.5. The van der Waals surface area contributed by atoms with Gasteiger partial charge in [-0.3, -0.25) is 9.89 Å². The molecule has 0 amide bonds. The van der Waals surface area contributed by atoms with Crippen molar-refractivity contribution in [1.29, 1.82) is 0 Å². The van der Waals surface area contributed by atoms with Gasteiger partial charge in [0.1, 0.15) is 0 Å². The fourth-order valence-electron chi connectivity index (χ4n) is 15.9. The first kappa shape index (κ1) is 59.4. The number of hydrogen-bond donors (Lipinski definition) is 4. The van der Waals surface area contributed by atoms with E-state index in [-0.39, 0.29) is 6.04 Å². The standard InChI is InChI=1S/C35H46N5.C27H35BN4.C8H14.C2H4/c1-24-9-10-33(26(3)38-24)40-20-12-29(32-8-5-7-31(25(32)2)27(40)4)21-28(22-36)23-37-30-13-18-39(19-14-30)34-11-17-35(34)15-6-16-35;1-3-5-23(10-13-29)32-19(2)24-6-4-7-25-21(8-9-26(32)27(24)25)16-20-17-28-31(18-20)22-11-14-30-15-12-22;1-2-5-8(4-1)6-3-7-8;1-2/h5,7-8,12,20,22-23,30,33-34,38H,1,3-4,6,9-11,13-19,21,36H2,2H3;4,6-9,17-18,22-23,30H,2-3,5,10-16,29H2,1H3;1-7H2;1-2H2/q+1;;;/b28-22-,29-12?,37-23?,40-20?;;;. The Morgan fingerprint density at radius 1 is 0.854 bits per heavy atom. The van der Waals surface area contributed by atoms with E-state index in [1.807, 2.05) is 6.21 Å². The van der Waals surface area contributed by atoms with Gasteiger partial charge in [-0.1, -0.05) is 51.0 Å². The van der Waals surface area contributed by atoms with Crippen molar-refractivity contribution in [3.63, 3.8) is 0 Å². The Bertz CT molecular complexity index is 3210. The fraction of sp³-hybridized carbons (Fsp3) is 0.514. The zero-order valence-electron chi connectivity index (χ0n) is 50.5. The van der Waals surface area contributed by atoms with Crippen molar-refractivity contribution in [3.05, 3.63) is 156 Å². The molecule has 4 saturated carbocycles. The quantitative estimate of drug-likeness (QED) is 0.0504. The van der Waals surface area contributed by atoms with Gasteiger partial charge in [-0.25, -0.2) is 0 Å². The number of nitrogens with zero attached hydrogens (tertiary/aromatic N) is 5. The molecule has 3 atom stereocenters. The molecule has 2 spiro atoms. The van der Waals surface area contributed by atoms with Crippen LogP contribution in [0, 0.1) is 17.8 Å². The second kappa shape index (κ2) is 26.8. The number of hydrogen-bond acceptors (Lipinski definition) is 6. The summed E-state index contributed by atoms with van der Waals surface area (Å²) in [6.07, 6.45) is 40.3. The van der Waals surface area contributed by atoms with Crippen LogP contribution < -0.4 is 27.5 Å². The molecule has 13 rings (SSSR count). The van der Waals surface area contributed by atoms with Crippen LogP contribution in [0.4, 0.5) is 0 Å². The zero-order chi connectivity index (χ0) is 57.4. The number of piperidine rings is 3. The van der Waals surface area contributed by atoms with Gasteiger partial charge >= 0.3 is 192 Å². The van der Waals surface area contributed by atoms with Crippen LogP contribution in [-0.2, 0) is 6.42 Å². The van der Waals surface area contributed by atoms with Crippen molar-refractivity contribution in [2.45, 2.75) is 192 Å². The van der Waals surface area contributed by atoms with Gasteiger partial charge in [0, 0.05) is 55.5 Å². The van der Waals surface area contributed by atoms with Gasteiger partial charge in [-0.15, -0.1) is 13.2 Å². The van der Waals surface area contributed by atoms with E-state index < -0.39 is 0 Å². The second-order valence-corrected chi connectivity index (χ2v) is 25.7. The molecule has 4 aliphatic carbocycles. The van der Waals surface area contributed by atoms with Crippen LogP contribution in [0.25, 0.3) is 39.5 Å².